The van der Waals surface area contributed by atoms with Crippen LogP contribution in [0.1, 0.15) is 0 Å². The number of nitrogens with zero attached hydrogens (tertiary/aromatic N) is 2. The average Bonchev–Trinajstić information content (AvgIpc) is 3.12. The van der Waals surface area contributed by atoms with Crippen LogP contribution in [0.25, 0.3) is 38.6 Å². The molecule has 4 nitrogen and oxygen atoms in total. The van der Waals surface area contributed by atoms with Crippen LogP contribution in [0, 0.1) is 0 Å². The molecule has 4 heteroatoms. The second-order valence-electron chi connectivity index (χ2n) is 6.48. The third-order valence-electron chi connectivity index (χ3n) is 4.96. The van der Waals surface area contributed by atoms with Crippen LogP contribution in [0.5, 0.6) is 11.5 Å². The summed E-state index contributed by atoms with van der Waals surface area (Å²) in [6, 6.07) is 22.6. The predicted molar refractivity (Wildman–Crippen MR) is 109 cm³/mol. The van der Waals surface area contributed by atoms with Crippen molar-refractivity contribution in [1.82, 2.24) is 9.38 Å². The lowest BCUT2D eigenvalue weighted by Gasteiger charge is -2.11. The van der Waals surface area contributed by atoms with Crippen LogP contribution in [-0.4, -0.2) is 23.6 Å². The Balaban J connectivity index is 1.96. The van der Waals surface area contributed by atoms with E-state index in [1.807, 2.05) is 30.3 Å². The van der Waals surface area contributed by atoms with Crippen molar-refractivity contribution in [1.29, 1.82) is 0 Å². The Bertz CT molecular complexity index is 1280. The maximum Gasteiger partial charge on any atom is 0.123 e. The molecule has 0 saturated heterocycles. The Labute approximate surface area is 156 Å². The monoisotopic (exact) mass is 354 g/mol. The highest BCUT2D eigenvalue weighted by Gasteiger charge is 2.16. The van der Waals surface area contributed by atoms with Gasteiger partial charge in [-0.25, -0.2) is 4.98 Å². The number of methoxy groups -OCH3 is 2. The molecule has 0 aliphatic heterocycles. The number of hydrogen-bond donors (Lipinski definition) is 0. The minimum Gasteiger partial charge on any atom is -0.497 e. The van der Waals surface area contributed by atoms with Gasteiger partial charge in [0.25, 0.3) is 0 Å². The van der Waals surface area contributed by atoms with E-state index in [9.17, 15) is 0 Å². The van der Waals surface area contributed by atoms with Gasteiger partial charge in [0.2, 0.25) is 0 Å². The summed E-state index contributed by atoms with van der Waals surface area (Å²) < 4.78 is 13.1. The van der Waals surface area contributed by atoms with Gasteiger partial charge in [0.15, 0.2) is 0 Å². The first-order chi connectivity index (χ1) is 13.3. The van der Waals surface area contributed by atoms with E-state index in [4.69, 9.17) is 14.5 Å². The third-order valence-corrected chi connectivity index (χ3v) is 4.96. The first kappa shape index (κ1) is 15.7. The number of benzene rings is 2. The fourth-order valence-electron chi connectivity index (χ4n) is 3.69. The number of ether oxygens (including phenoxy) is 2. The predicted octanol–water partition coefficient (Wildman–Crippen LogP) is 5.32. The number of para-hydroxylation sites is 1. The van der Waals surface area contributed by atoms with Crippen molar-refractivity contribution >= 4 is 27.3 Å². The van der Waals surface area contributed by atoms with Gasteiger partial charge in [0.05, 0.1) is 30.9 Å². The van der Waals surface area contributed by atoms with E-state index in [0.29, 0.717) is 0 Å². The highest BCUT2D eigenvalue weighted by Crippen LogP contribution is 2.37. The summed E-state index contributed by atoms with van der Waals surface area (Å²) in [5.41, 5.74) is 5.07. The van der Waals surface area contributed by atoms with Gasteiger partial charge < -0.3 is 13.9 Å². The second-order valence-corrected chi connectivity index (χ2v) is 6.48. The highest BCUT2D eigenvalue weighted by atomic mass is 16.5. The summed E-state index contributed by atoms with van der Waals surface area (Å²) in [5.74, 6) is 1.49. The van der Waals surface area contributed by atoms with Crippen molar-refractivity contribution in [2.45, 2.75) is 0 Å². The maximum absolute atomic E-state index is 5.47. The average molecular weight is 354 g/mol. The molecule has 0 radical (unpaired) electrons. The molecule has 0 saturated carbocycles. The number of rotatable bonds is 3. The smallest absolute Gasteiger partial charge is 0.123 e. The fourth-order valence-corrected chi connectivity index (χ4v) is 3.69. The van der Waals surface area contributed by atoms with Crippen LogP contribution in [0.15, 0.2) is 72.9 Å². The summed E-state index contributed by atoms with van der Waals surface area (Å²) in [7, 11) is 3.32. The zero-order chi connectivity index (χ0) is 18.4. The minimum absolute atomic E-state index is 0.744. The topological polar surface area (TPSA) is 35.8 Å². The third kappa shape index (κ3) is 2.41. The molecule has 0 aliphatic carbocycles. The summed E-state index contributed by atoms with van der Waals surface area (Å²) >= 11 is 0. The van der Waals surface area contributed by atoms with E-state index in [-0.39, 0.29) is 0 Å². The van der Waals surface area contributed by atoms with E-state index >= 15 is 0 Å². The Morgan fingerprint density at radius 2 is 1.52 bits per heavy atom. The Hall–Kier alpha value is -3.53. The molecule has 0 N–H and O–H groups in total. The van der Waals surface area contributed by atoms with Crippen LogP contribution >= 0.6 is 0 Å². The molecule has 0 spiro atoms. The van der Waals surface area contributed by atoms with Gasteiger partial charge in [-0.05, 0) is 36.4 Å². The molecule has 0 atom stereocenters. The standard InChI is InChI=1S/C23H18N2O2/c1-26-17-11-15(12-18(14-17)27-2)22-23-20(13-16-7-5-6-10-25(16)23)19-8-3-4-9-21(19)24-22/h3-14H,1-2H3. The zero-order valence-electron chi connectivity index (χ0n) is 15.1. The van der Waals surface area contributed by atoms with Crippen molar-refractivity contribution in [3.8, 4) is 22.8 Å². The van der Waals surface area contributed by atoms with Gasteiger partial charge in [0, 0.05) is 34.1 Å². The number of pyridine rings is 2. The lowest BCUT2D eigenvalue weighted by Crippen LogP contribution is -1.94. The quantitative estimate of drug-likeness (QED) is 0.440. The summed E-state index contributed by atoms with van der Waals surface area (Å²) in [6.45, 7) is 0. The SMILES string of the molecule is COc1cc(OC)cc(-c2nc3ccccc3c3cc4ccccn4c23)c1. The molecule has 0 unspecified atom stereocenters. The number of aromatic nitrogens is 2. The highest BCUT2D eigenvalue weighted by molar-refractivity contribution is 6.12. The zero-order valence-corrected chi connectivity index (χ0v) is 15.1. The molecule has 5 rings (SSSR count). The molecule has 132 valence electrons. The normalized spacial score (nSPS) is 11.3. The molecule has 3 heterocycles. The molecule has 3 aromatic heterocycles. The van der Waals surface area contributed by atoms with Crippen LogP contribution in [0.4, 0.5) is 0 Å². The molecule has 0 bridgehead atoms. The molecule has 5 aromatic rings. The molecular weight excluding hydrogens is 336 g/mol. The van der Waals surface area contributed by atoms with E-state index < -0.39 is 0 Å². The Kier molecular flexibility index (Phi) is 3.50. The van der Waals surface area contributed by atoms with E-state index in [0.717, 1.165) is 44.7 Å². The van der Waals surface area contributed by atoms with Crippen molar-refractivity contribution < 1.29 is 9.47 Å². The van der Waals surface area contributed by atoms with Crippen molar-refractivity contribution in [2.75, 3.05) is 14.2 Å². The molecule has 0 aliphatic rings. The molecule has 0 amide bonds. The van der Waals surface area contributed by atoms with Gasteiger partial charge in [-0.15, -0.1) is 0 Å². The van der Waals surface area contributed by atoms with E-state index in [1.54, 1.807) is 14.2 Å². The fraction of sp³-hybridized carbons (Fsp3) is 0.0870. The first-order valence-corrected chi connectivity index (χ1v) is 8.80. The lowest BCUT2D eigenvalue weighted by molar-refractivity contribution is 0.394. The molecule has 27 heavy (non-hydrogen) atoms. The number of hydrogen-bond acceptors (Lipinski definition) is 3. The van der Waals surface area contributed by atoms with Gasteiger partial charge in [-0.2, -0.15) is 0 Å². The summed E-state index contributed by atoms with van der Waals surface area (Å²) in [5, 5.41) is 2.33. The van der Waals surface area contributed by atoms with Gasteiger partial charge >= 0.3 is 0 Å². The van der Waals surface area contributed by atoms with Crippen molar-refractivity contribution in [3.05, 3.63) is 72.9 Å². The lowest BCUT2D eigenvalue weighted by atomic mass is 10.0. The van der Waals surface area contributed by atoms with E-state index in [2.05, 4.69) is 47.0 Å². The Morgan fingerprint density at radius 3 is 2.30 bits per heavy atom. The Morgan fingerprint density at radius 1 is 0.778 bits per heavy atom. The summed E-state index contributed by atoms with van der Waals surface area (Å²) in [6.07, 6.45) is 2.08. The number of fused-ring (bicyclic) bond motifs is 5. The first-order valence-electron chi connectivity index (χ1n) is 8.80. The van der Waals surface area contributed by atoms with Crippen molar-refractivity contribution in [2.24, 2.45) is 0 Å². The summed E-state index contributed by atoms with van der Waals surface area (Å²) in [4.78, 5) is 5.01. The van der Waals surface area contributed by atoms with Crippen LogP contribution in [0.2, 0.25) is 0 Å². The van der Waals surface area contributed by atoms with Gasteiger partial charge in [0.1, 0.15) is 11.5 Å². The van der Waals surface area contributed by atoms with Crippen molar-refractivity contribution in [3.63, 3.8) is 0 Å². The van der Waals surface area contributed by atoms with Crippen LogP contribution < -0.4 is 9.47 Å². The molecule has 2 aromatic carbocycles. The molecule has 0 fully saturated rings. The molecular formula is C23H18N2O2. The van der Waals surface area contributed by atoms with Crippen LogP contribution in [0.3, 0.4) is 0 Å². The van der Waals surface area contributed by atoms with Gasteiger partial charge in [-0.3, -0.25) is 0 Å². The second kappa shape index (κ2) is 6.02. The van der Waals surface area contributed by atoms with Gasteiger partial charge in [-0.1, -0.05) is 24.3 Å². The largest absolute Gasteiger partial charge is 0.497 e. The minimum atomic E-state index is 0.744. The maximum atomic E-state index is 5.47. The van der Waals surface area contributed by atoms with Crippen LogP contribution in [-0.2, 0) is 0 Å². The van der Waals surface area contributed by atoms with E-state index in [1.165, 1.54) is 5.39 Å².